The van der Waals surface area contributed by atoms with Crippen molar-refractivity contribution >= 4 is 28.8 Å². The van der Waals surface area contributed by atoms with Crippen LogP contribution in [0.2, 0.25) is 0 Å². The molecule has 3 aromatic carbocycles. The number of ketones is 1. The fourth-order valence-electron chi connectivity index (χ4n) is 5.89. The minimum absolute atomic E-state index is 0.0546. The first-order valence-electron chi connectivity index (χ1n) is 15.4. The van der Waals surface area contributed by atoms with Gasteiger partial charge in [-0.1, -0.05) is 24.8 Å². The van der Waals surface area contributed by atoms with Gasteiger partial charge < -0.3 is 19.9 Å². The lowest BCUT2D eigenvalue weighted by atomic mass is 9.98. The Morgan fingerprint density at radius 2 is 1.68 bits per heavy atom. The molecule has 226 valence electrons. The first kappa shape index (κ1) is 29.5. The molecule has 0 radical (unpaired) electrons. The number of morpholine rings is 1. The molecule has 2 saturated heterocycles. The monoisotopic (exact) mass is 591 g/mol. The molecule has 0 amide bonds. The Morgan fingerprint density at radius 1 is 0.909 bits per heavy atom. The predicted octanol–water partition coefficient (Wildman–Crippen LogP) is 6.74. The zero-order valence-electron chi connectivity index (χ0n) is 25.0. The number of hydrogen-bond acceptors (Lipinski definition) is 7. The molecule has 3 heterocycles. The van der Waals surface area contributed by atoms with Crippen LogP contribution < -0.4 is 15.1 Å². The SMILES string of the molecule is C=CC(=O)Cc1cc(-c2nc(Nc3cccc(N4CCCCC4)c3)ncc2Cc2ccc(N3CCOCC3)cc2)ccc1F. The van der Waals surface area contributed by atoms with Gasteiger partial charge in [-0.25, -0.2) is 14.4 Å². The molecule has 0 spiro atoms. The summed E-state index contributed by atoms with van der Waals surface area (Å²) < 4.78 is 20.2. The highest BCUT2D eigenvalue weighted by Crippen LogP contribution is 2.30. The minimum atomic E-state index is -0.425. The number of anilines is 4. The van der Waals surface area contributed by atoms with Gasteiger partial charge in [-0.15, -0.1) is 0 Å². The second-order valence-electron chi connectivity index (χ2n) is 11.4. The molecule has 1 aromatic heterocycles. The van der Waals surface area contributed by atoms with Gasteiger partial charge in [0.25, 0.3) is 0 Å². The van der Waals surface area contributed by atoms with E-state index in [4.69, 9.17) is 14.7 Å². The number of nitrogens with zero attached hydrogens (tertiary/aromatic N) is 4. The van der Waals surface area contributed by atoms with E-state index in [1.807, 2.05) is 18.3 Å². The van der Waals surface area contributed by atoms with Crippen molar-refractivity contribution in [3.63, 3.8) is 0 Å². The third-order valence-corrected chi connectivity index (χ3v) is 8.31. The fourth-order valence-corrected chi connectivity index (χ4v) is 5.89. The minimum Gasteiger partial charge on any atom is -0.378 e. The second kappa shape index (κ2) is 13.8. The van der Waals surface area contributed by atoms with Crippen LogP contribution in [0.25, 0.3) is 11.3 Å². The highest BCUT2D eigenvalue weighted by molar-refractivity contribution is 5.91. The van der Waals surface area contributed by atoms with Gasteiger partial charge in [0.15, 0.2) is 5.78 Å². The Balaban J connectivity index is 1.30. The lowest BCUT2D eigenvalue weighted by Crippen LogP contribution is -2.36. The lowest BCUT2D eigenvalue weighted by Gasteiger charge is -2.29. The summed E-state index contributed by atoms with van der Waals surface area (Å²) in [5.41, 5.74) is 7.02. The molecule has 0 bridgehead atoms. The predicted molar refractivity (Wildman–Crippen MR) is 174 cm³/mol. The summed E-state index contributed by atoms with van der Waals surface area (Å²) in [5.74, 6) is -0.207. The Hall–Kier alpha value is -4.56. The van der Waals surface area contributed by atoms with Gasteiger partial charge in [0.1, 0.15) is 5.82 Å². The maximum Gasteiger partial charge on any atom is 0.227 e. The molecule has 8 heteroatoms. The zero-order chi connectivity index (χ0) is 30.3. The number of allylic oxidation sites excluding steroid dienone is 1. The summed E-state index contributed by atoms with van der Waals surface area (Å²) in [6.07, 6.45) is 7.31. The third-order valence-electron chi connectivity index (χ3n) is 8.31. The molecule has 0 atom stereocenters. The van der Waals surface area contributed by atoms with Gasteiger partial charge in [-0.2, -0.15) is 0 Å². The van der Waals surface area contributed by atoms with Crippen LogP contribution in [-0.4, -0.2) is 55.1 Å². The van der Waals surface area contributed by atoms with Crippen LogP contribution in [0.3, 0.4) is 0 Å². The van der Waals surface area contributed by atoms with Crippen molar-refractivity contribution in [1.29, 1.82) is 0 Å². The smallest absolute Gasteiger partial charge is 0.227 e. The number of carbonyl (C=O) groups excluding carboxylic acids is 1. The van der Waals surface area contributed by atoms with E-state index in [0.717, 1.165) is 61.8 Å². The molecule has 0 aliphatic carbocycles. The van der Waals surface area contributed by atoms with E-state index in [1.165, 1.54) is 42.8 Å². The number of nitrogens with one attached hydrogen (secondary N) is 1. The van der Waals surface area contributed by atoms with Crippen molar-refractivity contribution < 1.29 is 13.9 Å². The largest absolute Gasteiger partial charge is 0.378 e. The molecule has 2 fully saturated rings. The van der Waals surface area contributed by atoms with E-state index in [-0.39, 0.29) is 12.2 Å². The fraction of sp³-hybridized carbons (Fsp3) is 0.306. The molecule has 2 aliphatic heterocycles. The molecular formula is C36H38FN5O2. The lowest BCUT2D eigenvalue weighted by molar-refractivity contribution is -0.114. The Bertz CT molecular complexity index is 1610. The first-order valence-corrected chi connectivity index (χ1v) is 15.4. The molecule has 2 aliphatic rings. The number of hydrogen-bond donors (Lipinski definition) is 1. The van der Waals surface area contributed by atoms with Crippen molar-refractivity contribution in [3.05, 3.63) is 108 Å². The molecule has 44 heavy (non-hydrogen) atoms. The standard InChI is InChI=1S/C36H38FN5O2/c1-2-33(43)23-28-22-27(11-14-34(28)37)35-29(21-26-9-12-31(13-10-26)42-17-19-44-20-18-42)25-38-36(40-35)39-30-7-6-8-32(24-30)41-15-4-3-5-16-41/h2,6-14,22,24-25H,1,3-5,15-21,23H2,(H,38,39,40). The molecule has 6 rings (SSSR count). The number of rotatable bonds is 10. The van der Waals surface area contributed by atoms with Crippen LogP contribution in [0.5, 0.6) is 0 Å². The molecule has 1 N–H and O–H groups in total. The van der Waals surface area contributed by atoms with E-state index in [9.17, 15) is 9.18 Å². The summed E-state index contributed by atoms with van der Waals surface area (Å²) in [6.45, 7) is 8.91. The maximum atomic E-state index is 14.7. The molecule has 0 saturated carbocycles. The van der Waals surface area contributed by atoms with Crippen molar-refractivity contribution in [3.8, 4) is 11.3 Å². The van der Waals surface area contributed by atoms with E-state index < -0.39 is 5.82 Å². The Labute approximate surface area is 258 Å². The number of benzene rings is 3. The highest BCUT2D eigenvalue weighted by atomic mass is 19.1. The van der Waals surface area contributed by atoms with Crippen LogP contribution in [0.4, 0.5) is 27.4 Å². The van der Waals surface area contributed by atoms with Crippen molar-refractivity contribution in [2.75, 3.05) is 54.5 Å². The van der Waals surface area contributed by atoms with E-state index in [0.29, 0.717) is 23.6 Å². The van der Waals surface area contributed by atoms with E-state index >= 15 is 0 Å². The summed E-state index contributed by atoms with van der Waals surface area (Å²) in [5, 5.41) is 3.39. The highest BCUT2D eigenvalue weighted by Gasteiger charge is 2.17. The van der Waals surface area contributed by atoms with Gasteiger partial charge in [-0.3, -0.25) is 4.79 Å². The number of aromatic nitrogens is 2. The summed E-state index contributed by atoms with van der Waals surface area (Å²) in [7, 11) is 0. The van der Waals surface area contributed by atoms with Crippen LogP contribution in [0, 0.1) is 5.82 Å². The van der Waals surface area contributed by atoms with Crippen LogP contribution in [0.15, 0.2) is 85.6 Å². The normalized spacial score (nSPS) is 15.2. The maximum absolute atomic E-state index is 14.7. The van der Waals surface area contributed by atoms with E-state index in [1.54, 1.807) is 12.1 Å². The summed E-state index contributed by atoms with van der Waals surface area (Å²) in [6, 6.07) is 21.7. The van der Waals surface area contributed by atoms with Gasteiger partial charge in [0.05, 0.1) is 18.9 Å². The topological polar surface area (TPSA) is 70.6 Å². The van der Waals surface area contributed by atoms with E-state index in [2.05, 4.69) is 58.1 Å². The summed E-state index contributed by atoms with van der Waals surface area (Å²) in [4.78, 5) is 26.5. The number of ether oxygens (including phenoxy) is 1. The Kier molecular flexibility index (Phi) is 9.27. The number of piperidine rings is 1. The second-order valence-corrected chi connectivity index (χ2v) is 11.4. The van der Waals surface area contributed by atoms with Crippen LogP contribution in [-0.2, 0) is 22.4 Å². The van der Waals surface area contributed by atoms with Crippen molar-refractivity contribution in [2.45, 2.75) is 32.1 Å². The average molecular weight is 592 g/mol. The average Bonchev–Trinajstić information content (AvgIpc) is 3.07. The number of carbonyl (C=O) groups is 1. The Morgan fingerprint density at radius 3 is 2.45 bits per heavy atom. The summed E-state index contributed by atoms with van der Waals surface area (Å²) >= 11 is 0. The molecule has 4 aromatic rings. The molecule has 0 unspecified atom stereocenters. The van der Waals surface area contributed by atoms with Gasteiger partial charge in [-0.05, 0) is 85.0 Å². The van der Waals surface area contributed by atoms with Crippen LogP contribution in [0.1, 0.15) is 36.0 Å². The number of halogens is 1. The zero-order valence-corrected chi connectivity index (χ0v) is 25.0. The van der Waals surface area contributed by atoms with Gasteiger partial charge in [0, 0.05) is 73.4 Å². The van der Waals surface area contributed by atoms with Crippen molar-refractivity contribution in [2.24, 2.45) is 0 Å². The molecule has 7 nitrogen and oxygen atoms in total. The van der Waals surface area contributed by atoms with Crippen molar-refractivity contribution in [1.82, 2.24) is 9.97 Å². The quantitative estimate of drug-likeness (QED) is 0.205. The van der Waals surface area contributed by atoms with Gasteiger partial charge in [0.2, 0.25) is 5.95 Å². The molecular weight excluding hydrogens is 553 g/mol. The first-order chi connectivity index (χ1) is 21.6. The van der Waals surface area contributed by atoms with Crippen LogP contribution >= 0.6 is 0 Å². The third kappa shape index (κ3) is 7.14. The van der Waals surface area contributed by atoms with Gasteiger partial charge >= 0.3 is 0 Å².